The predicted molar refractivity (Wildman–Crippen MR) is 127 cm³/mol. The Morgan fingerprint density at radius 1 is 1.03 bits per heavy atom. The summed E-state index contributed by atoms with van der Waals surface area (Å²) in [5.74, 6) is 0.358. The molecule has 3 aromatic rings. The van der Waals surface area contributed by atoms with Gasteiger partial charge in [0.15, 0.2) is 0 Å². The predicted octanol–water partition coefficient (Wildman–Crippen LogP) is 7.10. The monoisotopic (exact) mass is 464 g/mol. The molecule has 1 aromatic heterocycles. The van der Waals surface area contributed by atoms with Gasteiger partial charge in [0, 0.05) is 35.0 Å². The molecule has 7 heteroatoms. The van der Waals surface area contributed by atoms with Crippen molar-refractivity contribution in [1.82, 2.24) is 9.29 Å². The third-order valence-electron chi connectivity index (χ3n) is 5.32. The third kappa shape index (κ3) is 5.33. The van der Waals surface area contributed by atoms with Crippen molar-refractivity contribution in [1.29, 1.82) is 0 Å². The Morgan fingerprint density at radius 3 is 2.28 bits per heavy atom. The Kier molecular flexibility index (Phi) is 7.03. The van der Waals surface area contributed by atoms with Gasteiger partial charge in [-0.2, -0.15) is 13.2 Å². The van der Waals surface area contributed by atoms with Crippen molar-refractivity contribution >= 4 is 22.3 Å². The molecule has 174 valence electrons. The van der Waals surface area contributed by atoms with E-state index in [1.165, 1.54) is 12.1 Å². The van der Waals surface area contributed by atoms with Gasteiger partial charge < -0.3 is 9.12 Å². The summed E-state index contributed by atoms with van der Waals surface area (Å²) in [7, 11) is 0. The molecule has 1 N–H and O–H groups in total. The fourth-order valence-electron chi connectivity index (χ4n) is 3.76. The van der Waals surface area contributed by atoms with Gasteiger partial charge in [0.1, 0.15) is 4.75 Å². The van der Waals surface area contributed by atoms with Crippen LogP contribution in [0.4, 0.5) is 13.2 Å². The highest BCUT2D eigenvalue weighted by molar-refractivity contribution is 7.90. The van der Waals surface area contributed by atoms with Crippen molar-refractivity contribution in [3.8, 4) is 11.1 Å². The van der Waals surface area contributed by atoms with Gasteiger partial charge in [0.2, 0.25) is 0 Å². The van der Waals surface area contributed by atoms with E-state index < -0.39 is 27.8 Å². The number of nitrogens with zero attached hydrogens (tertiary/aromatic N) is 1. The molecule has 3 nitrogen and oxygen atoms in total. The van der Waals surface area contributed by atoms with E-state index in [4.69, 9.17) is 0 Å². The van der Waals surface area contributed by atoms with E-state index in [0.29, 0.717) is 11.5 Å². The normalized spacial score (nSPS) is 14.8. The highest BCUT2D eigenvalue weighted by Crippen LogP contribution is 2.39. The van der Waals surface area contributed by atoms with Gasteiger partial charge in [0.25, 0.3) is 0 Å². The summed E-state index contributed by atoms with van der Waals surface area (Å²) in [5, 5.41) is 0.949. The van der Waals surface area contributed by atoms with Crippen LogP contribution < -0.4 is 4.72 Å². The standard InChI is InChI=1S/C25H31F3N2OS/c1-16(2)14-30-15-21(17(3)29-32(31)24(4,5)6)20-12-11-18(13-23(20)30)19-9-7-8-10-22(19)25(26,27)28/h7-13,15-17,29H,14H2,1-6H3. The molecular weight excluding hydrogens is 433 g/mol. The molecule has 2 atom stereocenters. The largest absolute Gasteiger partial charge is 0.598 e. The second kappa shape index (κ2) is 9.12. The molecule has 0 fully saturated rings. The Bertz CT molecular complexity index is 1080. The summed E-state index contributed by atoms with van der Waals surface area (Å²) in [6.07, 6.45) is -2.40. The van der Waals surface area contributed by atoms with Gasteiger partial charge >= 0.3 is 6.18 Å². The minimum Gasteiger partial charge on any atom is -0.598 e. The summed E-state index contributed by atoms with van der Waals surface area (Å²) < 4.78 is 58.2. The van der Waals surface area contributed by atoms with Gasteiger partial charge in [-0.1, -0.05) is 44.2 Å². The Labute approximate surface area is 191 Å². The van der Waals surface area contributed by atoms with Crippen molar-refractivity contribution in [3.63, 3.8) is 0 Å². The number of aromatic nitrogens is 1. The lowest BCUT2D eigenvalue weighted by Crippen LogP contribution is -2.40. The quantitative estimate of drug-likeness (QED) is 0.395. The zero-order chi connectivity index (χ0) is 23.8. The van der Waals surface area contributed by atoms with Crippen LogP contribution in [0.25, 0.3) is 22.0 Å². The summed E-state index contributed by atoms with van der Waals surface area (Å²) in [6, 6.07) is 10.9. The summed E-state index contributed by atoms with van der Waals surface area (Å²) in [5.41, 5.74) is 1.91. The molecule has 0 spiro atoms. The van der Waals surface area contributed by atoms with Gasteiger partial charge in [-0.15, -0.1) is 4.72 Å². The number of hydrogen-bond acceptors (Lipinski definition) is 2. The summed E-state index contributed by atoms with van der Waals surface area (Å²) in [6.45, 7) is 12.6. The molecule has 0 saturated carbocycles. The molecular formula is C25H31F3N2OS. The highest BCUT2D eigenvalue weighted by atomic mass is 32.2. The number of fused-ring (bicyclic) bond motifs is 1. The van der Waals surface area contributed by atoms with E-state index in [2.05, 4.69) is 23.1 Å². The maximum atomic E-state index is 13.6. The molecule has 3 rings (SSSR count). The third-order valence-corrected chi connectivity index (χ3v) is 7.00. The van der Waals surface area contributed by atoms with Gasteiger partial charge in [-0.25, -0.2) is 0 Å². The highest BCUT2D eigenvalue weighted by Gasteiger charge is 2.33. The second-order valence-corrected chi connectivity index (χ2v) is 11.6. The van der Waals surface area contributed by atoms with Crippen LogP contribution >= 0.6 is 0 Å². The van der Waals surface area contributed by atoms with E-state index in [1.807, 2.05) is 46.0 Å². The minimum absolute atomic E-state index is 0.167. The van der Waals surface area contributed by atoms with Crippen LogP contribution in [-0.4, -0.2) is 13.9 Å². The van der Waals surface area contributed by atoms with Crippen LogP contribution in [0.3, 0.4) is 0 Å². The molecule has 0 bridgehead atoms. The van der Waals surface area contributed by atoms with Gasteiger partial charge in [-0.05, 0) is 62.4 Å². The molecule has 0 saturated heterocycles. The molecule has 0 aliphatic rings. The summed E-state index contributed by atoms with van der Waals surface area (Å²) in [4.78, 5) is 0. The fraction of sp³-hybridized carbons (Fsp3) is 0.440. The van der Waals surface area contributed by atoms with E-state index in [0.717, 1.165) is 29.1 Å². The maximum Gasteiger partial charge on any atom is 0.417 e. The van der Waals surface area contributed by atoms with Crippen molar-refractivity contribution in [2.75, 3.05) is 0 Å². The van der Waals surface area contributed by atoms with Crippen LogP contribution in [0.15, 0.2) is 48.7 Å². The van der Waals surface area contributed by atoms with Crippen LogP contribution in [0, 0.1) is 5.92 Å². The summed E-state index contributed by atoms with van der Waals surface area (Å²) >= 11 is -1.24. The first-order valence-corrected chi connectivity index (χ1v) is 11.9. The molecule has 2 aromatic carbocycles. The molecule has 2 unspecified atom stereocenters. The number of rotatable bonds is 6. The molecule has 0 radical (unpaired) electrons. The molecule has 0 amide bonds. The Morgan fingerprint density at radius 2 is 1.69 bits per heavy atom. The van der Waals surface area contributed by atoms with Gasteiger partial charge in [0.05, 0.1) is 11.6 Å². The molecule has 0 aliphatic carbocycles. The van der Waals surface area contributed by atoms with Crippen molar-refractivity contribution < 1.29 is 17.7 Å². The van der Waals surface area contributed by atoms with Crippen LogP contribution in [-0.2, 0) is 24.1 Å². The zero-order valence-electron chi connectivity index (χ0n) is 19.4. The SMILES string of the molecule is CC(C)Cn1cc(C(C)N[S+]([O-])C(C)(C)C)c2ccc(-c3ccccc3C(F)(F)F)cc21. The number of benzene rings is 2. The van der Waals surface area contributed by atoms with Crippen molar-refractivity contribution in [2.45, 2.75) is 65.1 Å². The number of nitrogens with one attached hydrogen (secondary N) is 1. The van der Waals surface area contributed by atoms with Crippen LogP contribution in [0.5, 0.6) is 0 Å². The average Bonchev–Trinajstić information content (AvgIpc) is 3.04. The molecule has 0 aliphatic heterocycles. The second-order valence-electron chi connectivity index (χ2n) is 9.63. The lowest BCUT2D eigenvalue weighted by molar-refractivity contribution is -0.137. The zero-order valence-corrected chi connectivity index (χ0v) is 20.2. The first kappa shape index (κ1) is 24.7. The van der Waals surface area contributed by atoms with Gasteiger partial charge in [-0.3, -0.25) is 0 Å². The van der Waals surface area contributed by atoms with E-state index in [9.17, 15) is 17.7 Å². The van der Waals surface area contributed by atoms with E-state index in [1.54, 1.807) is 12.1 Å². The average molecular weight is 465 g/mol. The van der Waals surface area contributed by atoms with E-state index in [-0.39, 0.29) is 11.6 Å². The van der Waals surface area contributed by atoms with Crippen molar-refractivity contribution in [3.05, 3.63) is 59.8 Å². The first-order valence-electron chi connectivity index (χ1n) is 10.8. The number of alkyl halides is 3. The topological polar surface area (TPSA) is 40.0 Å². The molecule has 32 heavy (non-hydrogen) atoms. The smallest absolute Gasteiger partial charge is 0.417 e. The first-order chi connectivity index (χ1) is 14.8. The lowest BCUT2D eigenvalue weighted by atomic mass is 9.97. The number of hydrogen-bond donors (Lipinski definition) is 1. The Balaban J connectivity index is 2.12. The fourth-order valence-corrected chi connectivity index (χ4v) is 4.56. The Hall–Kier alpha value is -1.96. The van der Waals surface area contributed by atoms with Crippen LogP contribution in [0.1, 0.15) is 58.7 Å². The molecule has 1 heterocycles. The maximum absolute atomic E-state index is 13.6. The van der Waals surface area contributed by atoms with Crippen molar-refractivity contribution in [2.24, 2.45) is 5.92 Å². The van der Waals surface area contributed by atoms with E-state index >= 15 is 0 Å². The van der Waals surface area contributed by atoms with Crippen LogP contribution in [0.2, 0.25) is 0 Å². The lowest BCUT2D eigenvalue weighted by Gasteiger charge is -2.26. The minimum atomic E-state index is -4.42. The number of halogens is 3.